The zero-order valence-corrected chi connectivity index (χ0v) is 16.2. The highest BCUT2D eigenvalue weighted by Crippen LogP contribution is 2.32. The molecule has 0 radical (unpaired) electrons. The lowest BCUT2D eigenvalue weighted by Crippen LogP contribution is -2.31. The molecule has 0 atom stereocenters. The van der Waals surface area contributed by atoms with Gasteiger partial charge in [0.25, 0.3) is 11.5 Å². The van der Waals surface area contributed by atoms with Crippen LogP contribution in [0.5, 0.6) is 17.2 Å². The van der Waals surface area contributed by atoms with Crippen LogP contribution in [0.2, 0.25) is 0 Å². The van der Waals surface area contributed by atoms with E-state index in [1.807, 2.05) is 42.5 Å². The predicted molar refractivity (Wildman–Crippen MR) is 108 cm³/mol. The summed E-state index contributed by atoms with van der Waals surface area (Å²) in [5, 5.41) is 10.1. The first-order valence-corrected chi connectivity index (χ1v) is 8.99. The monoisotopic (exact) mass is 394 g/mol. The van der Waals surface area contributed by atoms with Crippen LogP contribution in [0.3, 0.4) is 0 Å². The number of hydrogen-bond donors (Lipinski definition) is 2. The second-order valence-corrected chi connectivity index (χ2v) is 6.37. The standard InChI is InChI=1S/C22H22N2O5/c1-28-18-10-6-9-16(20(18)29-2)14-24(13-15-7-4-3-5-8-15)22(27)17-11-12-23-21(26)19(17)25/h3-12,25H,13-14H2,1-2H3,(H,23,26). The number of aromatic hydroxyl groups is 1. The van der Waals surface area contributed by atoms with Crippen molar-refractivity contribution in [3.63, 3.8) is 0 Å². The maximum atomic E-state index is 13.2. The number of H-pyrrole nitrogens is 1. The zero-order chi connectivity index (χ0) is 20.8. The Hall–Kier alpha value is -3.74. The third-order valence-corrected chi connectivity index (χ3v) is 4.51. The average Bonchev–Trinajstić information content (AvgIpc) is 2.75. The summed E-state index contributed by atoms with van der Waals surface area (Å²) in [6.45, 7) is 0.479. The molecule has 3 rings (SSSR count). The molecule has 0 unspecified atom stereocenters. The smallest absolute Gasteiger partial charge is 0.290 e. The number of rotatable bonds is 7. The summed E-state index contributed by atoms with van der Waals surface area (Å²) in [4.78, 5) is 28.9. The van der Waals surface area contributed by atoms with Gasteiger partial charge in [-0.3, -0.25) is 9.59 Å². The molecule has 0 saturated heterocycles. The molecular formula is C22H22N2O5. The molecular weight excluding hydrogens is 372 g/mol. The Morgan fingerprint density at radius 3 is 2.45 bits per heavy atom. The molecule has 7 nitrogen and oxygen atoms in total. The van der Waals surface area contributed by atoms with Crippen LogP contribution in [0.25, 0.3) is 0 Å². The van der Waals surface area contributed by atoms with Gasteiger partial charge in [0.1, 0.15) is 0 Å². The Kier molecular flexibility index (Phi) is 6.19. The van der Waals surface area contributed by atoms with Crippen LogP contribution in [0.15, 0.2) is 65.6 Å². The SMILES string of the molecule is COc1cccc(CN(Cc2ccccc2)C(=O)c2cc[nH]c(=O)c2O)c1OC. The third-order valence-electron chi connectivity index (χ3n) is 4.51. The number of aromatic amines is 1. The first-order valence-electron chi connectivity index (χ1n) is 8.99. The number of carbonyl (C=O) groups excluding carboxylic acids is 1. The van der Waals surface area contributed by atoms with Gasteiger partial charge in [0.05, 0.1) is 26.3 Å². The number of para-hydroxylation sites is 1. The summed E-state index contributed by atoms with van der Waals surface area (Å²) >= 11 is 0. The second-order valence-electron chi connectivity index (χ2n) is 6.37. The number of hydrogen-bond acceptors (Lipinski definition) is 5. The van der Waals surface area contributed by atoms with Crippen molar-refractivity contribution >= 4 is 5.91 Å². The van der Waals surface area contributed by atoms with E-state index in [4.69, 9.17) is 9.47 Å². The zero-order valence-electron chi connectivity index (χ0n) is 16.2. The summed E-state index contributed by atoms with van der Waals surface area (Å²) in [6, 6.07) is 16.3. The van der Waals surface area contributed by atoms with Crippen molar-refractivity contribution in [3.05, 3.63) is 87.8 Å². The van der Waals surface area contributed by atoms with Crippen molar-refractivity contribution in [2.75, 3.05) is 14.2 Å². The molecule has 1 heterocycles. The predicted octanol–water partition coefficient (Wildman–Crippen LogP) is 2.94. The van der Waals surface area contributed by atoms with E-state index in [-0.39, 0.29) is 18.7 Å². The highest BCUT2D eigenvalue weighted by Gasteiger charge is 2.23. The Balaban J connectivity index is 2.01. The Labute approximate surface area is 168 Å². The molecule has 0 fully saturated rings. The Morgan fingerprint density at radius 1 is 1.00 bits per heavy atom. The van der Waals surface area contributed by atoms with Gasteiger partial charge in [0, 0.05) is 18.3 Å². The fourth-order valence-corrected chi connectivity index (χ4v) is 3.10. The molecule has 1 amide bonds. The minimum absolute atomic E-state index is 0.0634. The van der Waals surface area contributed by atoms with Gasteiger partial charge >= 0.3 is 0 Å². The number of ether oxygens (including phenoxy) is 2. The number of amides is 1. The molecule has 150 valence electrons. The maximum absolute atomic E-state index is 13.2. The van der Waals surface area contributed by atoms with Crippen LogP contribution in [0.1, 0.15) is 21.5 Å². The topological polar surface area (TPSA) is 91.9 Å². The Morgan fingerprint density at radius 2 is 1.76 bits per heavy atom. The molecule has 0 saturated carbocycles. The Bertz CT molecular complexity index is 1050. The van der Waals surface area contributed by atoms with Crippen molar-refractivity contribution in [2.24, 2.45) is 0 Å². The van der Waals surface area contributed by atoms with Crippen LogP contribution in [0, 0.1) is 0 Å². The number of carbonyl (C=O) groups is 1. The molecule has 0 aliphatic rings. The first kappa shape index (κ1) is 20.0. The lowest BCUT2D eigenvalue weighted by atomic mass is 10.1. The van der Waals surface area contributed by atoms with Gasteiger partial charge in [-0.25, -0.2) is 0 Å². The molecule has 29 heavy (non-hydrogen) atoms. The number of benzene rings is 2. The van der Waals surface area contributed by atoms with Crippen LogP contribution in [-0.2, 0) is 13.1 Å². The van der Waals surface area contributed by atoms with E-state index >= 15 is 0 Å². The molecule has 7 heteroatoms. The van der Waals surface area contributed by atoms with Gasteiger partial charge in [0.15, 0.2) is 17.2 Å². The lowest BCUT2D eigenvalue weighted by Gasteiger charge is -2.25. The number of methoxy groups -OCH3 is 2. The molecule has 0 aliphatic heterocycles. The summed E-state index contributed by atoms with van der Waals surface area (Å²) < 4.78 is 10.8. The van der Waals surface area contributed by atoms with Gasteiger partial charge in [-0.1, -0.05) is 42.5 Å². The molecule has 3 aromatic rings. The molecule has 0 bridgehead atoms. The average molecular weight is 394 g/mol. The van der Waals surface area contributed by atoms with E-state index in [2.05, 4.69) is 4.98 Å². The molecule has 2 aromatic carbocycles. The number of pyridine rings is 1. The van der Waals surface area contributed by atoms with E-state index in [9.17, 15) is 14.7 Å². The van der Waals surface area contributed by atoms with Gasteiger partial charge in [-0.15, -0.1) is 0 Å². The van der Waals surface area contributed by atoms with E-state index in [1.165, 1.54) is 19.4 Å². The van der Waals surface area contributed by atoms with E-state index in [0.29, 0.717) is 11.5 Å². The summed E-state index contributed by atoms with van der Waals surface area (Å²) in [5.74, 6) is 0.00241. The minimum Gasteiger partial charge on any atom is -0.502 e. The highest BCUT2D eigenvalue weighted by molar-refractivity contribution is 5.96. The van der Waals surface area contributed by atoms with E-state index < -0.39 is 17.2 Å². The van der Waals surface area contributed by atoms with Gasteiger partial charge in [0.2, 0.25) is 0 Å². The second kappa shape index (κ2) is 8.97. The minimum atomic E-state index is -0.713. The molecule has 1 aromatic heterocycles. The van der Waals surface area contributed by atoms with E-state index in [0.717, 1.165) is 11.1 Å². The van der Waals surface area contributed by atoms with Gasteiger partial charge in [-0.2, -0.15) is 0 Å². The largest absolute Gasteiger partial charge is 0.502 e. The van der Waals surface area contributed by atoms with Crippen LogP contribution >= 0.6 is 0 Å². The van der Waals surface area contributed by atoms with Gasteiger partial charge in [-0.05, 0) is 17.7 Å². The molecule has 0 aliphatic carbocycles. The summed E-state index contributed by atoms with van der Waals surface area (Å²) in [7, 11) is 3.08. The normalized spacial score (nSPS) is 10.4. The molecule has 2 N–H and O–H groups in total. The highest BCUT2D eigenvalue weighted by atomic mass is 16.5. The summed E-state index contributed by atoms with van der Waals surface area (Å²) in [6.07, 6.45) is 1.34. The fraction of sp³-hybridized carbons (Fsp3) is 0.182. The summed E-state index contributed by atoms with van der Waals surface area (Å²) in [5.41, 5.74) is 0.869. The third kappa shape index (κ3) is 4.40. The van der Waals surface area contributed by atoms with Crippen LogP contribution in [-0.4, -0.2) is 35.1 Å². The maximum Gasteiger partial charge on any atom is 0.290 e. The van der Waals surface area contributed by atoms with Crippen molar-refractivity contribution in [3.8, 4) is 17.2 Å². The quantitative estimate of drug-likeness (QED) is 0.643. The van der Waals surface area contributed by atoms with Crippen molar-refractivity contribution in [1.82, 2.24) is 9.88 Å². The van der Waals surface area contributed by atoms with E-state index in [1.54, 1.807) is 18.1 Å². The molecule has 0 spiro atoms. The van der Waals surface area contributed by atoms with Crippen molar-refractivity contribution in [2.45, 2.75) is 13.1 Å². The van der Waals surface area contributed by atoms with Crippen LogP contribution in [0.4, 0.5) is 0 Å². The van der Waals surface area contributed by atoms with Crippen LogP contribution < -0.4 is 15.0 Å². The lowest BCUT2D eigenvalue weighted by molar-refractivity contribution is 0.0725. The number of nitrogens with one attached hydrogen (secondary N) is 1. The van der Waals surface area contributed by atoms with Gasteiger partial charge < -0.3 is 24.5 Å². The first-order chi connectivity index (χ1) is 14.0. The van der Waals surface area contributed by atoms with Crippen molar-refractivity contribution < 1.29 is 19.4 Å². The fourth-order valence-electron chi connectivity index (χ4n) is 3.10. The number of aromatic nitrogens is 1. The number of nitrogens with zero attached hydrogens (tertiary/aromatic N) is 1. The van der Waals surface area contributed by atoms with Crippen molar-refractivity contribution in [1.29, 1.82) is 0 Å².